The van der Waals surface area contributed by atoms with Crippen LogP contribution in [0.4, 0.5) is 0 Å². The molecule has 10 heteroatoms. The summed E-state index contributed by atoms with van der Waals surface area (Å²) < 4.78 is 6.87. The molecule has 5 aromatic rings. The lowest BCUT2D eigenvalue weighted by atomic mass is 10.1. The normalized spacial score (nSPS) is 11.1. The minimum absolute atomic E-state index is 0.587. The Labute approximate surface area is 156 Å². The number of rotatable bonds is 4. The number of H-pyrrole nitrogens is 1. The van der Waals surface area contributed by atoms with Gasteiger partial charge in [-0.2, -0.15) is 14.7 Å². The van der Waals surface area contributed by atoms with Gasteiger partial charge in [0.25, 0.3) is 0 Å². The van der Waals surface area contributed by atoms with Gasteiger partial charge >= 0.3 is 0 Å². The average Bonchev–Trinajstić information content (AvgIpc) is 3.44. The minimum Gasteiger partial charge on any atom is -0.497 e. The quantitative estimate of drug-likeness (QED) is 0.514. The number of nitrogens with one attached hydrogen (secondary N) is 1. The molecule has 0 unspecified atom stereocenters. The SMILES string of the molecule is COc1ccc(-c2cc(-c3nnc4sc(-c5cnccn5)nn34)[nH]n2)cc1. The summed E-state index contributed by atoms with van der Waals surface area (Å²) in [6, 6.07) is 9.61. The van der Waals surface area contributed by atoms with Gasteiger partial charge in [-0.3, -0.25) is 15.1 Å². The molecule has 0 aliphatic carbocycles. The monoisotopic (exact) mass is 376 g/mol. The molecule has 1 aromatic carbocycles. The fraction of sp³-hybridized carbons (Fsp3) is 0.0588. The van der Waals surface area contributed by atoms with Gasteiger partial charge in [-0.1, -0.05) is 11.3 Å². The molecule has 4 aromatic heterocycles. The molecular weight excluding hydrogens is 364 g/mol. The van der Waals surface area contributed by atoms with E-state index in [9.17, 15) is 0 Å². The van der Waals surface area contributed by atoms with Gasteiger partial charge in [0, 0.05) is 18.0 Å². The Kier molecular flexibility index (Phi) is 3.61. The van der Waals surface area contributed by atoms with Crippen molar-refractivity contribution in [1.29, 1.82) is 0 Å². The van der Waals surface area contributed by atoms with E-state index in [0.29, 0.717) is 16.5 Å². The second-order valence-electron chi connectivity index (χ2n) is 5.61. The minimum atomic E-state index is 0.587. The van der Waals surface area contributed by atoms with E-state index in [1.54, 1.807) is 30.2 Å². The van der Waals surface area contributed by atoms with E-state index in [0.717, 1.165) is 27.7 Å². The molecule has 0 aliphatic heterocycles. The largest absolute Gasteiger partial charge is 0.497 e. The van der Waals surface area contributed by atoms with Gasteiger partial charge in [-0.25, -0.2) is 0 Å². The highest BCUT2D eigenvalue weighted by atomic mass is 32.1. The second-order valence-corrected chi connectivity index (χ2v) is 6.57. The third-order valence-electron chi connectivity index (χ3n) is 3.98. The summed E-state index contributed by atoms with van der Waals surface area (Å²) in [5, 5.41) is 21.1. The molecular formula is C17H12N8OS. The maximum Gasteiger partial charge on any atom is 0.235 e. The first-order chi connectivity index (χ1) is 13.3. The topological polar surface area (TPSA) is 107 Å². The van der Waals surface area contributed by atoms with Crippen LogP contribution in [-0.2, 0) is 0 Å². The maximum absolute atomic E-state index is 5.19. The van der Waals surface area contributed by atoms with E-state index >= 15 is 0 Å². The number of hydrogen-bond acceptors (Lipinski definition) is 8. The zero-order chi connectivity index (χ0) is 18.2. The fourth-order valence-corrected chi connectivity index (χ4v) is 3.44. The summed E-state index contributed by atoms with van der Waals surface area (Å²) in [5.41, 5.74) is 3.19. The number of aromatic nitrogens is 8. The predicted molar refractivity (Wildman–Crippen MR) is 99.3 cm³/mol. The lowest BCUT2D eigenvalue weighted by molar-refractivity contribution is 0.415. The molecule has 4 heterocycles. The molecule has 9 nitrogen and oxygen atoms in total. The molecule has 0 saturated carbocycles. The van der Waals surface area contributed by atoms with Crippen LogP contribution in [0.25, 0.3) is 38.4 Å². The highest BCUT2D eigenvalue weighted by Crippen LogP contribution is 2.28. The number of fused-ring (bicyclic) bond motifs is 1. The molecule has 27 heavy (non-hydrogen) atoms. The Balaban J connectivity index is 1.52. The summed E-state index contributed by atoms with van der Waals surface area (Å²) in [7, 11) is 1.64. The van der Waals surface area contributed by atoms with Gasteiger partial charge < -0.3 is 4.74 Å². The van der Waals surface area contributed by atoms with Crippen LogP contribution in [0.3, 0.4) is 0 Å². The smallest absolute Gasteiger partial charge is 0.235 e. The maximum atomic E-state index is 5.19. The molecule has 132 valence electrons. The van der Waals surface area contributed by atoms with E-state index in [-0.39, 0.29) is 0 Å². The van der Waals surface area contributed by atoms with Crippen LogP contribution in [0.1, 0.15) is 0 Å². The highest BCUT2D eigenvalue weighted by Gasteiger charge is 2.17. The Morgan fingerprint density at radius 3 is 2.74 bits per heavy atom. The highest BCUT2D eigenvalue weighted by molar-refractivity contribution is 7.19. The summed E-state index contributed by atoms with van der Waals surface area (Å²) in [4.78, 5) is 9.03. The number of aromatic amines is 1. The van der Waals surface area contributed by atoms with E-state index < -0.39 is 0 Å². The third-order valence-corrected chi connectivity index (χ3v) is 4.90. The summed E-state index contributed by atoms with van der Waals surface area (Å²) in [6.45, 7) is 0. The Morgan fingerprint density at radius 1 is 1.07 bits per heavy atom. The van der Waals surface area contributed by atoms with Crippen molar-refractivity contribution in [2.45, 2.75) is 0 Å². The molecule has 0 saturated heterocycles. The van der Waals surface area contributed by atoms with Gasteiger partial charge in [0.05, 0.1) is 19.0 Å². The van der Waals surface area contributed by atoms with Crippen molar-refractivity contribution >= 4 is 16.3 Å². The zero-order valence-electron chi connectivity index (χ0n) is 14.1. The summed E-state index contributed by atoms with van der Waals surface area (Å²) >= 11 is 1.40. The van der Waals surface area contributed by atoms with Crippen LogP contribution < -0.4 is 4.74 Å². The van der Waals surface area contributed by atoms with Crippen molar-refractivity contribution in [2.24, 2.45) is 0 Å². The first-order valence-electron chi connectivity index (χ1n) is 8.00. The standard InChI is InChI=1S/C17H12N8OS/c1-26-11-4-2-10(3-5-11)12-8-13(21-20-12)15-22-23-17-25(15)24-16(27-17)14-9-18-6-7-19-14/h2-9H,1H3,(H,20,21). The van der Waals surface area contributed by atoms with E-state index in [1.807, 2.05) is 30.3 Å². The van der Waals surface area contributed by atoms with Gasteiger partial charge in [0.2, 0.25) is 10.8 Å². The lowest BCUT2D eigenvalue weighted by Gasteiger charge is -1.99. The van der Waals surface area contributed by atoms with E-state index in [1.165, 1.54) is 11.3 Å². The molecule has 0 bridgehead atoms. The molecule has 0 fully saturated rings. The Hall–Kier alpha value is -3.66. The first kappa shape index (κ1) is 15.6. The van der Waals surface area contributed by atoms with Crippen molar-refractivity contribution < 1.29 is 4.74 Å². The van der Waals surface area contributed by atoms with Gasteiger partial charge in [-0.15, -0.1) is 10.2 Å². The number of ether oxygens (including phenoxy) is 1. The summed E-state index contributed by atoms with van der Waals surface area (Å²) in [6.07, 6.45) is 4.93. The van der Waals surface area contributed by atoms with Crippen molar-refractivity contribution in [3.8, 4) is 39.2 Å². The molecule has 0 atom stereocenters. The van der Waals surface area contributed by atoms with E-state index in [2.05, 4.69) is 35.5 Å². The van der Waals surface area contributed by atoms with Crippen molar-refractivity contribution in [3.63, 3.8) is 0 Å². The van der Waals surface area contributed by atoms with Gasteiger partial charge in [-0.05, 0) is 30.3 Å². The van der Waals surface area contributed by atoms with E-state index in [4.69, 9.17) is 4.74 Å². The Bertz CT molecular complexity index is 1210. The molecule has 0 amide bonds. The first-order valence-corrected chi connectivity index (χ1v) is 8.82. The fourth-order valence-electron chi connectivity index (χ4n) is 2.64. The summed E-state index contributed by atoms with van der Waals surface area (Å²) in [5.74, 6) is 1.39. The van der Waals surface area contributed by atoms with Crippen molar-refractivity contribution in [3.05, 3.63) is 48.9 Å². The van der Waals surface area contributed by atoms with Crippen LogP contribution in [0.5, 0.6) is 5.75 Å². The second kappa shape index (κ2) is 6.25. The van der Waals surface area contributed by atoms with Crippen LogP contribution in [0, 0.1) is 0 Å². The Morgan fingerprint density at radius 2 is 1.96 bits per heavy atom. The molecule has 1 N–H and O–H groups in total. The van der Waals surface area contributed by atoms with Crippen LogP contribution >= 0.6 is 11.3 Å². The predicted octanol–water partition coefficient (Wildman–Crippen LogP) is 2.71. The van der Waals surface area contributed by atoms with Gasteiger partial charge in [0.15, 0.2) is 5.01 Å². The van der Waals surface area contributed by atoms with Crippen LogP contribution in [0.2, 0.25) is 0 Å². The number of hydrogen-bond donors (Lipinski definition) is 1. The van der Waals surface area contributed by atoms with Gasteiger partial charge in [0.1, 0.15) is 17.1 Å². The van der Waals surface area contributed by atoms with Crippen molar-refractivity contribution in [1.82, 2.24) is 40.0 Å². The molecule has 0 aliphatic rings. The van der Waals surface area contributed by atoms with Crippen LogP contribution in [0.15, 0.2) is 48.9 Å². The molecule has 5 rings (SSSR count). The number of benzene rings is 1. The number of methoxy groups -OCH3 is 1. The number of nitrogens with zero attached hydrogens (tertiary/aromatic N) is 7. The third kappa shape index (κ3) is 2.72. The molecule has 0 spiro atoms. The van der Waals surface area contributed by atoms with Crippen LogP contribution in [-0.4, -0.2) is 47.1 Å². The zero-order valence-corrected chi connectivity index (χ0v) is 14.9. The average molecular weight is 376 g/mol. The molecule has 0 radical (unpaired) electrons. The lowest BCUT2D eigenvalue weighted by Crippen LogP contribution is -1.92. The van der Waals surface area contributed by atoms with Crippen molar-refractivity contribution in [2.75, 3.05) is 7.11 Å².